The average molecular weight is 599 g/mol. The molecule has 222 valence electrons. The first-order valence-corrected chi connectivity index (χ1v) is 16.5. The van der Waals surface area contributed by atoms with Crippen LogP contribution < -0.4 is 0 Å². The van der Waals surface area contributed by atoms with Crippen LogP contribution in [-0.2, 0) is 5.41 Å². The lowest BCUT2D eigenvalue weighted by Gasteiger charge is -2.23. The van der Waals surface area contributed by atoms with E-state index in [4.69, 9.17) is 0 Å². The zero-order valence-electron chi connectivity index (χ0n) is 26.7. The molecule has 0 fully saturated rings. The van der Waals surface area contributed by atoms with Crippen molar-refractivity contribution in [2.75, 3.05) is 0 Å². The van der Waals surface area contributed by atoms with Crippen molar-refractivity contribution < 1.29 is 0 Å². The summed E-state index contributed by atoms with van der Waals surface area (Å²) in [6.07, 6.45) is 8.29. The number of hydrogen-bond donors (Lipinski definition) is 0. The van der Waals surface area contributed by atoms with Crippen LogP contribution in [0.2, 0.25) is 0 Å². The van der Waals surface area contributed by atoms with Crippen molar-refractivity contribution in [1.29, 1.82) is 0 Å². The van der Waals surface area contributed by atoms with Crippen LogP contribution in [0.3, 0.4) is 0 Å². The second kappa shape index (κ2) is 10.4. The molecular weight excluding hydrogens is 565 g/mol. The molecule has 0 aromatic heterocycles. The van der Waals surface area contributed by atoms with Gasteiger partial charge in [-0.3, -0.25) is 0 Å². The SMILES string of the molecule is C=C/C=C\C1=Cc2ccc(-c3cccc(-c4ccc5c(c4)C(C)(C)c4cc(-c6cccc7ccccc67)ccc4-5)c3)c3cccc1c23. The van der Waals surface area contributed by atoms with Crippen molar-refractivity contribution in [3.8, 4) is 44.5 Å². The summed E-state index contributed by atoms with van der Waals surface area (Å²) in [4.78, 5) is 0. The minimum Gasteiger partial charge on any atom is -0.0991 e. The topological polar surface area (TPSA) is 0 Å². The fraction of sp³-hybridized carbons (Fsp3) is 0.0638. The number of allylic oxidation sites excluding steroid dienone is 4. The van der Waals surface area contributed by atoms with Crippen LogP contribution >= 0.6 is 0 Å². The van der Waals surface area contributed by atoms with Crippen molar-refractivity contribution in [3.63, 3.8) is 0 Å². The fourth-order valence-electron chi connectivity index (χ4n) is 8.03. The van der Waals surface area contributed by atoms with Gasteiger partial charge in [0.15, 0.2) is 0 Å². The van der Waals surface area contributed by atoms with Gasteiger partial charge in [-0.05, 0) is 118 Å². The minimum atomic E-state index is -0.110. The van der Waals surface area contributed by atoms with Crippen molar-refractivity contribution in [2.45, 2.75) is 19.3 Å². The Bertz CT molecular complexity index is 2490. The fourth-order valence-corrected chi connectivity index (χ4v) is 8.03. The Morgan fingerprint density at radius 1 is 0.511 bits per heavy atom. The van der Waals surface area contributed by atoms with Gasteiger partial charge in [-0.2, -0.15) is 0 Å². The third kappa shape index (κ3) is 4.22. The van der Waals surface area contributed by atoms with Gasteiger partial charge in [0.05, 0.1) is 0 Å². The summed E-state index contributed by atoms with van der Waals surface area (Å²) in [6, 6.07) is 49.7. The summed E-state index contributed by atoms with van der Waals surface area (Å²) in [5, 5.41) is 5.20. The predicted octanol–water partition coefficient (Wildman–Crippen LogP) is 12.9. The van der Waals surface area contributed by atoms with Crippen LogP contribution in [0.1, 0.15) is 36.1 Å². The third-order valence-corrected chi connectivity index (χ3v) is 10.4. The summed E-state index contributed by atoms with van der Waals surface area (Å²) in [5.41, 5.74) is 16.7. The summed E-state index contributed by atoms with van der Waals surface area (Å²) >= 11 is 0. The highest BCUT2D eigenvalue weighted by Crippen LogP contribution is 2.51. The van der Waals surface area contributed by atoms with Gasteiger partial charge in [-0.25, -0.2) is 0 Å². The second-order valence-electron chi connectivity index (χ2n) is 13.4. The molecule has 0 N–H and O–H groups in total. The Kier molecular flexibility index (Phi) is 6.11. The molecule has 0 bridgehead atoms. The number of rotatable bonds is 5. The first-order chi connectivity index (χ1) is 23.0. The van der Waals surface area contributed by atoms with Crippen LogP contribution in [0.25, 0.3) is 77.7 Å². The van der Waals surface area contributed by atoms with E-state index < -0.39 is 0 Å². The van der Waals surface area contributed by atoms with Gasteiger partial charge in [0, 0.05) is 5.41 Å². The van der Waals surface area contributed by atoms with Crippen molar-refractivity contribution in [3.05, 3.63) is 181 Å². The van der Waals surface area contributed by atoms with E-state index in [1.54, 1.807) is 0 Å². The molecule has 7 aromatic carbocycles. The molecule has 7 aromatic rings. The Hall–Kier alpha value is -5.72. The molecule has 2 aliphatic carbocycles. The van der Waals surface area contributed by atoms with Gasteiger partial charge in [0.2, 0.25) is 0 Å². The lowest BCUT2D eigenvalue weighted by molar-refractivity contribution is 0.661. The Labute approximate surface area is 276 Å². The first-order valence-electron chi connectivity index (χ1n) is 16.5. The smallest absolute Gasteiger partial charge is 0.0159 e. The summed E-state index contributed by atoms with van der Waals surface area (Å²) in [6.45, 7) is 8.61. The van der Waals surface area contributed by atoms with Crippen LogP contribution in [-0.4, -0.2) is 0 Å². The molecule has 0 aliphatic heterocycles. The number of hydrogen-bond acceptors (Lipinski definition) is 0. The van der Waals surface area contributed by atoms with E-state index in [1.807, 2.05) is 12.2 Å². The van der Waals surface area contributed by atoms with E-state index in [0.29, 0.717) is 0 Å². The molecule has 0 saturated heterocycles. The molecule has 9 rings (SSSR count). The van der Waals surface area contributed by atoms with Crippen molar-refractivity contribution in [2.24, 2.45) is 0 Å². The zero-order valence-corrected chi connectivity index (χ0v) is 26.7. The molecule has 0 spiro atoms. The van der Waals surface area contributed by atoms with E-state index in [0.717, 1.165) is 0 Å². The number of fused-ring (bicyclic) bond motifs is 4. The molecule has 0 amide bonds. The van der Waals surface area contributed by atoms with E-state index in [-0.39, 0.29) is 5.41 Å². The third-order valence-electron chi connectivity index (χ3n) is 10.4. The Balaban J connectivity index is 1.10. The molecule has 0 atom stereocenters. The van der Waals surface area contributed by atoms with Crippen LogP contribution in [0.15, 0.2) is 158 Å². The van der Waals surface area contributed by atoms with Crippen LogP contribution in [0, 0.1) is 0 Å². The molecular formula is C47H34. The average Bonchev–Trinajstić information content (AvgIpc) is 3.59. The number of benzene rings is 7. The second-order valence-corrected chi connectivity index (χ2v) is 13.4. The Morgan fingerprint density at radius 3 is 1.96 bits per heavy atom. The molecule has 0 unspecified atom stereocenters. The van der Waals surface area contributed by atoms with Gasteiger partial charge in [0.1, 0.15) is 0 Å². The molecule has 0 heteroatoms. The molecule has 2 aliphatic rings. The van der Waals surface area contributed by atoms with E-state index >= 15 is 0 Å². The molecule has 0 saturated carbocycles. The highest BCUT2D eigenvalue weighted by molar-refractivity contribution is 6.15. The quantitative estimate of drug-likeness (QED) is 0.173. The standard InChI is InChI=1S/C47H34/c1-4-5-11-34-27-36-22-23-39(43-19-10-18-40(34)46(36)43)33-15-8-14-31(26-33)32-20-24-41-42-25-21-35(29-45(42)47(2,3)44(41)28-32)38-17-9-13-30-12-6-7-16-37(30)38/h4-29H,1H2,2-3H3/b11-5-. The molecule has 47 heavy (non-hydrogen) atoms. The van der Waals surface area contributed by atoms with Crippen LogP contribution in [0.4, 0.5) is 0 Å². The van der Waals surface area contributed by atoms with Gasteiger partial charge in [0.25, 0.3) is 0 Å². The first kappa shape index (κ1) is 27.6. The lowest BCUT2D eigenvalue weighted by Crippen LogP contribution is -2.15. The van der Waals surface area contributed by atoms with E-state index in [9.17, 15) is 0 Å². The highest BCUT2D eigenvalue weighted by Gasteiger charge is 2.36. The largest absolute Gasteiger partial charge is 0.0991 e. The maximum atomic E-state index is 3.85. The molecule has 0 heterocycles. The monoisotopic (exact) mass is 598 g/mol. The van der Waals surface area contributed by atoms with Crippen LogP contribution in [0.5, 0.6) is 0 Å². The van der Waals surface area contributed by atoms with E-state index in [2.05, 4.69) is 166 Å². The normalized spacial score (nSPS) is 14.0. The predicted molar refractivity (Wildman–Crippen MR) is 203 cm³/mol. The summed E-state index contributed by atoms with van der Waals surface area (Å²) in [7, 11) is 0. The van der Waals surface area contributed by atoms with Gasteiger partial charge < -0.3 is 0 Å². The zero-order chi connectivity index (χ0) is 31.7. The minimum absolute atomic E-state index is 0.110. The lowest BCUT2D eigenvalue weighted by atomic mass is 9.80. The highest BCUT2D eigenvalue weighted by atomic mass is 14.4. The van der Waals surface area contributed by atoms with Crippen molar-refractivity contribution in [1.82, 2.24) is 0 Å². The van der Waals surface area contributed by atoms with Crippen molar-refractivity contribution >= 4 is 33.2 Å². The summed E-state index contributed by atoms with van der Waals surface area (Å²) in [5.74, 6) is 0. The maximum Gasteiger partial charge on any atom is 0.0159 e. The van der Waals surface area contributed by atoms with Gasteiger partial charge in [-0.15, -0.1) is 0 Å². The summed E-state index contributed by atoms with van der Waals surface area (Å²) < 4.78 is 0. The molecule has 0 radical (unpaired) electrons. The van der Waals surface area contributed by atoms with Gasteiger partial charge >= 0.3 is 0 Å². The molecule has 0 nitrogen and oxygen atoms in total. The van der Waals surface area contributed by atoms with Gasteiger partial charge in [-0.1, -0.05) is 154 Å². The maximum absolute atomic E-state index is 3.85. The van der Waals surface area contributed by atoms with E-state index in [1.165, 1.54) is 93.9 Å². The Morgan fingerprint density at radius 2 is 1.11 bits per heavy atom.